The van der Waals surface area contributed by atoms with Gasteiger partial charge in [-0.15, -0.1) is 0 Å². The molecule has 0 saturated heterocycles. The summed E-state index contributed by atoms with van der Waals surface area (Å²) in [5.41, 5.74) is 8.80. The number of nitrogens with zero attached hydrogens (tertiary/aromatic N) is 2. The van der Waals surface area contributed by atoms with E-state index in [1.807, 2.05) is 6.92 Å². The van der Waals surface area contributed by atoms with Crippen LogP contribution in [0.2, 0.25) is 0 Å². The van der Waals surface area contributed by atoms with E-state index >= 15 is 0 Å². The predicted octanol–water partition coefficient (Wildman–Crippen LogP) is 3.16. The molecule has 1 aliphatic heterocycles. The maximum atomic E-state index is 13.2. The van der Waals surface area contributed by atoms with Crippen LogP contribution in [-0.2, 0) is 13.0 Å². The van der Waals surface area contributed by atoms with Gasteiger partial charge in [0, 0.05) is 18.5 Å². The minimum absolute atomic E-state index is 0.225. The second-order valence-corrected chi connectivity index (χ2v) is 5.47. The second-order valence-electron chi connectivity index (χ2n) is 5.47. The van der Waals surface area contributed by atoms with Gasteiger partial charge in [-0.25, -0.2) is 9.37 Å². The third-order valence-corrected chi connectivity index (χ3v) is 3.91. The van der Waals surface area contributed by atoms with Gasteiger partial charge in [0.25, 0.3) is 0 Å². The van der Waals surface area contributed by atoms with Crippen molar-refractivity contribution >= 4 is 5.82 Å². The van der Waals surface area contributed by atoms with E-state index in [9.17, 15) is 4.39 Å². The van der Waals surface area contributed by atoms with Gasteiger partial charge < -0.3 is 10.3 Å². The molecular formula is C15H18FN3. The minimum atomic E-state index is -0.225. The van der Waals surface area contributed by atoms with E-state index < -0.39 is 0 Å². The molecule has 0 saturated carbocycles. The predicted molar refractivity (Wildman–Crippen MR) is 74.3 cm³/mol. The summed E-state index contributed by atoms with van der Waals surface area (Å²) in [5.74, 6) is 2.18. The molecule has 0 bridgehead atoms. The summed E-state index contributed by atoms with van der Waals surface area (Å²) >= 11 is 0. The van der Waals surface area contributed by atoms with Gasteiger partial charge in [-0.2, -0.15) is 0 Å². The Morgan fingerprint density at radius 1 is 1.42 bits per heavy atom. The first kappa shape index (κ1) is 12.2. The molecular weight excluding hydrogens is 241 g/mol. The number of nitrogens with two attached hydrogens (primary N) is 1. The molecule has 1 aromatic carbocycles. The van der Waals surface area contributed by atoms with Crippen LogP contribution >= 0.6 is 0 Å². The monoisotopic (exact) mass is 259 g/mol. The van der Waals surface area contributed by atoms with Crippen LogP contribution in [0.1, 0.15) is 24.7 Å². The molecule has 4 heteroatoms. The van der Waals surface area contributed by atoms with E-state index in [0.29, 0.717) is 11.7 Å². The third-order valence-electron chi connectivity index (χ3n) is 3.91. The average molecular weight is 259 g/mol. The molecule has 19 heavy (non-hydrogen) atoms. The molecule has 0 fully saturated rings. The van der Waals surface area contributed by atoms with E-state index in [1.54, 1.807) is 6.07 Å². The molecule has 2 heterocycles. The Morgan fingerprint density at radius 2 is 2.21 bits per heavy atom. The summed E-state index contributed by atoms with van der Waals surface area (Å²) in [7, 11) is 0. The zero-order valence-corrected chi connectivity index (χ0v) is 11.3. The van der Waals surface area contributed by atoms with Crippen LogP contribution < -0.4 is 5.73 Å². The van der Waals surface area contributed by atoms with Crippen LogP contribution in [0.5, 0.6) is 0 Å². The van der Waals surface area contributed by atoms with Crippen LogP contribution in [0.4, 0.5) is 10.2 Å². The number of hydrogen-bond donors (Lipinski definition) is 1. The lowest BCUT2D eigenvalue weighted by Gasteiger charge is -2.20. The highest BCUT2D eigenvalue weighted by Gasteiger charge is 2.22. The normalized spacial score (nSPS) is 18.4. The van der Waals surface area contributed by atoms with Crippen molar-refractivity contribution in [2.75, 3.05) is 5.73 Å². The molecule has 2 aromatic rings. The maximum Gasteiger partial charge on any atom is 0.131 e. The highest BCUT2D eigenvalue weighted by molar-refractivity contribution is 5.73. The van der Waals surface area contributed by atoms with Gasteiger partial charge in [0.05, 0.1) is 0 Å². The molecule has 0 amide bonds. The Bertz CT molecular complexity index is 631. The van der Waals surface area contributed by atoms with E-state index in [2.05, 4.69) is 16.5 Å². The number of aryl methyl sites for hydroxylation is 1. The van der Waals surface area contributed by atoms with Gasteiger partial charge in [-0.3, -0.25) is 0 Å². The Kier molecular flexibility index (Phi) is 2.81. The quantitative estimate of drug-likeness (QED) is 0.855. The number of rotatable bonds is 1. The summed E-state index contributed by atoms with van der Waals surface area (Å²) in [6, 6.07) is 4.75. The Hall–Kier alpha value is -1.84. The zero-order chi connectivity index (χ0) is 13.6. The van der Waals surface area contributed by atoms with Gasteiger partial charge in [0.2, 0.25) is 0 Å². The number of nitrogen functional groups attached to an aromatic ring is 1. The van der Waals surface area contributed by atoms with Crippen LogP contribution in [-0.4, -0.2) is 9.55 Å². The number of halogens is 1. The van der Waals surface area contributed by atoms with Crippen molar-refractivity contribution in [1.29, 1.82) is 0 Å². The smallest absolute Gasteiger partial charge is 0.131 e. The minimum Gasteiger partial charge on any atom is -0.383 e. The molecule has 0 radical (unpaired) electrons. The van der Waals surface area contributed by atoms with Crippen molar-refractivity contribution in [3.05, 3.63) is 35.4 Å². The number of imidazole rings is 1. The fraction of sp³-hybridized carbons (Fsp3) is 0.400. The summed E-state index contributed by atoms with van der Waals surface area (Å²) < 4.78 is 15.3. The standard InChI is InChI=1S/C15H18FN3/c1-9-5-6-19-13(7-9)18-14(15(19)17)12-4-3-11(16)8-10(12)2/h3-4,8-9H,5-7,17H2,1-2H3. The number of hydrogen-bond acceptors (Lipinski definition) is 2. The molecule has 1 aliphatic rings. The maximum absolute atomic E-state index is 13.2. The average Bonchev–Trinajstić information content (AvgIpc) is 2.66. The second kappa shape index (κ2) is 4.37. The third kappa shape index (κ3) is 2.01. The van der Waals surface area contributed by atoms with Crippen molar-refractivity contribution in [2.24, 2.45) is 5.92 Å². The van der Waals surface area contributed by atoms with Crippen molar-refractivity contribution < 1.29 is 4.39 Å². The molecule has 2 N–H and O–H groups in total. The molecule has 1 aromatic heterocycles. The van der Waals surface area contributed by atoms with Crippen LogP contribution in [0.15, 0.2) is 18.2 Å². The Labute approximate surface area is 112 Å². The summed E-state index contributed by atoms with van der Waals surface area (Å²) in [6.07, 6.45) is 2.10. The van der Waals surface area contributed by atoms with E-state index in [4.69, 9.17) is 5.73 Å². The fourth-order valence-electron chi connectivity index (χ4n) is 2.77. The molecule has 3 rings (SSSR count). The lowest BCUT2D eigenvalue weighted by molar-refractivity contribution is 0.412. The van der Waals surface area contributed by atoms with Crippen LogP contribution in [0.3, 0.4) is 0 Å². The highest BCUT2D eigenvalue weighted by atomic mass is 19.1. The highest BCUT2D eigenvalue weighted by Crippen LogP contribution is 2.32. The van der Waals surface area contributed by atoms with E-state index in [0.717, 1.165) is 42.0 Å². The number of fused-ring (bicyclic) bond motifs is 1. The number of anilines is 1. The van der Waals surface area contributed by atoms with Crippen LogP contribution in [0.25, 0.3) is 11.3 Å². The molecule has 1 atom stereocenters. The molecule has 0 aliphatic carbocycles. The van der Waals surface area contributed by atoms with Crippen LogP contribution in [0, 0.1) is 18.7 Å². The van der Waals surface area contributed by atoms with Crippen molar-refractivity contribution in [3.8, 4) is 11.3 Å². The lowest BCUT2D eigenvalue weighted by Crippen LogP contribution is -2.18. The first-order valence-electron chi connectivity index (χ1n) is 6.67. The molecule has 0 spiro atoms. The summed E-state index contributed by atoms with van der Waals surface area (Å²) in [6.45, 7) is 5.05. The zero-order valence-electron chi connectivity index (χ0n) is 11.3. The van der Waals surface area contributed by atoms with Gasteiger partial charge >= 0.3 is 0 Å². The van der Waals surface area contributed by atoms with Gasteiger partial charge in [-0.1, -0.05) is 6.92 Å². The van der Waals surface area contributed by atoms with Gasteiger partial charge in [-0.05, 0) is 43.0 Å². The summed E-state index contributed by atoms with van der Waals surface area (Å²) in [5, 5.41) is 0. The Morgan fingerprint density at radius 3 is 2.95 bits per heavy atom. The lowest BCUT2D eigenvalue weighted by atomic mass is 10.0. The number of aromatic nitrogens is 2. The Balaban J connectivity index is 2.11. The van der Waals surface area contributed by atoms with Crippen molar-refractivity contribution in [3.63, 3.8) is 0 Å². The van der Waals surface area contributed by atoms with E-state index in [1.165, 1.54) is 12.1 Å². The largest absolute Gasteiger partial charge is 0.383 e. The fourth-order valence-corrected chi connectivity index (χ4v) is 2.77. The molecule has 3 nitrogen and oxygen atoms in total. The van der Waals surface area contributed by atoms with Crippen molar-refractivity contribution in [1.82, 2.24) is 9.55 Å². The number of benzene rings is 1. The van der Waals surface area contributed by atoms with Crippen molar-refractivity contribution in [2.45, 2.75) is 33.2 Å². The first-order chi connectivity index (χ1) is 9.06. The van der Waals surface area contributed by atoms with Gasteiger partial charge in [0.1, 0.15) is 23.2 Å². The van der Waals surface area contributed by atoms with E-state index in [-0.39, 0.29) is 5.82 Å². The molecule has 1 unspecified atom stereocenters. The SMILES string of the molecule is Cc1cc(F)ccc1-c1nc2n(c1N)CCC(C)C2. The van der Waals surface area contributed by atoms with Gasteiger partial charge in [0.15, 0.2) is 0 Å². The topological polar surface area (TPSA) is 43.8 Å². The molecule has 100 valence electrons. The summed E-state index contributed by atoms with van der Waals surface area (Å²) in [4.78, 5) is 4.68. The first-order valence-corrected chi connectivity index (χ1v) is 6.67.